The number of esters is 1. The lowest BCUT2D eigenvalue weighted by molar-refractivity contribution is -0.141. The molecule has 0 aromatic carbocycles. The van der Waals surface area contributed by atoms with Gasteiger partial charge in [-0.1, -0.05) is 0 Å². The molecule has 0 aromatic heterocycles. The van der Waals surface area contributed by atoms with Gasteiger partial charge in [0.25, 0.3) is 0 Å². The van der Waals surface area contributed by atoms with E-state index in [1.54, 1.807) is 0 Å². The van der Waals surface area contributed by atoms with Crippen molar-refractivity contribution in [3.63, 3.8) is 0 Å². The third-order valence-electron chi connectivity index (χ3n) is 1.19. The Bertz CT molecular complexity index is 93.1. The van der Waals surface area contributed by atoms with Gasteiger partial charge in [0, 0.05) is 6.04 Å². The number of carbonyl (C=O) groups excluding carboxylic acids is 1. The predicted octanol–water partition coefficient (Wildman–Crippen LogP) is 0.157. The molecule has 0 fully saturated rings. The molecule has 0 bridgehead atoms. The summed E-state index contributed by atoms with van der Waals surface area (Å²) >= 11 is 0. The topological polar surface area (TPSA) is 38.3 Å². The first-order chi connectivity index (χ1) is 4.20. The fourth-order valence-corrected chi connectivity index (χ4v) is 0.435. The van der Waals surface area contributed by atoms with Gasteiger partial charge in [-0.3, -0.25) is 4.79 Å². The zero-order chi connectivity index (χ0) is 7.28. The molecule has 0 heterocycles. The molecule has 0 amide bonds. The zero-order valence-corrected chi connectivity index (χ0v) is 6.10. The van der Waals surface area contributed by atoms with Gasteiger partial charge >= 0.3 is 5.97 Å². The highest BCUT2D eigenvalue weighted by atomic mass is 16.5. The highest BCUT2D eigenvalue weighted by Gasteiger charge is 2.04. The van der Waals surface area contributed by atoms with Gasteiger partial charge in [0.1, 0.15) is 0 Å². The Balaban J connectivity index is 3.34. The van der Waals surface area contributed by atoms with E-state index in [4.69, 9.17) is 0 Å². The molecule has 0 radical (unpaired) electrons. The number of hydrogen-bond acceptors (Lipinski definition) is 3. The van der Waals surface area contributed by atoms with Gasteiger partial charge in [-0.05, 0) is 14.0 Å². The van der Waals surface area contributed by atoms with Gasteiger partial charge in [-0.15, -0.1) is 0 Å². The molecule has 0 aliphatic heterocycles. The average Bonchev–Trinajstić information content (AvgIpc) is 1.87. The molecule has 1 N–H and O–H groups in total. The number of ether oxygens (including phenoxy) is 1. The van der Waals surface area contributed by atoms with E-state index in [9.17, 15) is 4.79 Å². The van der Waals surface area contributed by atoms with Gasteiger partial charge in [-0.2, -0.15) is 0 Å². The lowest BCUT2D eigenvalue weighted by Gasteiger charge is -2.06. The van der Waals surface area contributed by atoms with Crippen LogP contribution in [0.3, 0.4) is 0 Å². The maximum absolute atomic E-state index is 10.5. The van der Waals surface area contributed by atoms with Crippen LogP contribution in [0.4, 0.5) is 0 Å². The molecular formula is C6H13NO2. The molecular weight excluding hydrogens is 118 g/mol. The van der Waals surface area contributed by atoms with Gasteiger partial charge in [0.2, 0.25) is 0 Å². The van der Waals surface area contributed by atoms with Crippen molar-refractivity contribution < 1.29 is 9.53 Å². The van der Waals surface area contributed by atoms with E-state index in [0.29, 0.717) is 6.42 Å². The van der Waals surface area contributed by atoms with Crippen molar-refractivity contribution in [3.8, 4) is 0 Å². The molecule has 0 unspecified atom stereocenters. The van der Waals surface area contributed by atoms with Gasteiger partial charge in [0.05, 0.1) is 13.5 Å². The van der Waals surface area contributed by atoms with Crippen molar-refractivity contribution in [3.05, 3.63) is 0 Å². The van der Waals surface area contributed by atoms with E-state index in [-0.39, 0.29) is 12.0 Å². The van der Waals surface area contributed by atoms with Gasteiger partial charge in [-0.25, -0.2) is 0 Å². The molecule has 9 heavy (non-hydrogen) atoms. The van der Waals surface area contributed by atoms with E-state index >= 15 is 0 Å². The standard InChI is InChI=1S/C6H13NO2/c1-5(7-2)4-6(8)9-3/h5,7H,4H2,1-3H3/t5-/m1/s1. The van der Waals surface area contributed by atoms with Crippen LogP contribution in [-0.2, 0) is 9.53 Å². The Hall–Kier alpha value is -0.570. The SMILES string of the molecule is CN[C@H](C)CC(=O)OC. The summed E-state index contributed by atoms with van der Waals surface area (Å²) < 4.78 is 4.44. The minimum atomic E-state index is -0.170. The Morgan fingerprint density at radius 2 is 2.33 bits per heavy atom. The molecule has 0 saturated heterocycles. The summed E-state index contributed by atoms with van der Waals surface area (Å²) in [7, 11) is 3.21. The Labute approximate surface area is 55.4 Å². The Morgan fingerprint density at radius 3 is 2.67 bits per heavy atom. The summed E-state index contributed by atoms with van der Waals surface area (Å²) in [5.41, 5.74) is 0. The predicted molar refractivity (Wildman–Crippen MR) is 35.2 cm³/mol. The maximum atomic E-state index is 10.5. The van der Waals surface area contributed by atoms with Crippen LogP contribution in [0.1, 0.15) is 13.3 Å². The highest BCUT2D eigenvalue weighted by Crippen LogP contribution is 1.90. The molecule has 0 rings (SSSR count). The van der Waals surface area contributed by atoms with E-state index in [1.165, 1.54) is 7.11 Å². The van der Waals surface area contributed by atoms with Crippen molar-refractivity contribution >= 4 is 5.97 Å². The molecule has 3 nitrogen and oxygen atoms in total. The Morgan fingerprint density at radius 1 is 1.78 bits per heavy atom. The summed E-state index contributed by atoms with van der Waals surface area (Å²) in [6, 6.07) is 0.206. The molecule has 1 atom stereocenters. The minimum Gasteiger partial charge on any atom is -0.469 e. The molecule has 0 aliphatic carbocycles. The lowest BCUT2D eigenvalue weighted by atomic mass is 10.2. The van der Waals surface area contributed by atoms with Crippen molar-refractivity contribution in [2.24, 2.45) is 0 Å². The quantitative estimate of drug-likeness (QED) is 0.554. The van der Waals surface area contributed by atoms with Crippen LogP contribution in [0.2, 0.25) is 0 Å². The van der Waals surface area contributed by atoms with E-state index in [1.807, 2.05) is 14.0 Å². The number of rotatable bonds is 3. The van der Waals surface area contributed by atoms with Crippen molar-refractivity contribution in [2.45, 2.75) is 19.4 Å². The van der Waals surface area contributed by atoms with Gasteiger partial charge < -0.3 is 10.1 Å². The fourth-order valence-electron chi connectivity index (χ4n) is 0.435. The third kappa shape index (κ3) is 3.97. The summed E-state index contributed by atoms with van der Waals surface area (Å²) in [5.74, 6) is -0.170. The molecule has 0 aliphatic rings. The zero-order valence-electron chi connectivity index (χ0n) is 6.10. The second-order valence-electron chi connectivity index (χ2n) is 1.97. The van der Waals surface area contributed by atoms with E-state index in [2.05, 4.69) is 10.1 Å². The molecule has 3 heteroatoms. The number of methoxy groups -OCH3 is 1. The molecule has 0 aromatic rings. The van der Waals surface area contributed by atoms with E-state index in [0.717, 1.165) is 0 Å². The molecule has 54 valence electrons. The monoisotopic (exact) mass is 131 g/mol. The first-order valence-electron chi connectivity index (χ1n) is 2.94. The van der Waals surface area contributed by atoms with Crippen LogP contribution in [0, 0.1) is 0 Å². The van der Waals surface area contributed by atoms with Crippen LogP contribution in [-0.4, -0.2) is 26.2 Å². The summed E-state index contributed by atoms with van der Waals surface area (Å²) in [4.78, 5) is 10.5. The highest BCUT2D eigenvalue weighted by molar-refractivity contribution is 5.69. The number of hydrogen-bond donors (Lipinski definition) is 1. The Kier molecular flexibility index (Phi) is 4.05. The van der Waals surface area contributed by atoms with Gasteiger partial charge in [0.15, 0.2) is 0 Å². The number of nitrogens with one attached hydrogen (secondary N) is 1. The average molecular weight is 131 g/mol. The summed E-state index contributed by atoms with van der Waals surface area (Å²) in [6.45, 7) is 1.93. The smallest absolute Gasteiger partial charge is 0.307 e. The van der Waals surface area contributed by atoms with Crippen molar-refractivity contribution in [1.29, 1.82) is 0 Å². The normalized spacial score (nSPS) is 12.8. The lowest BCUT2D eigenvalue weighted by Crippen LogP contribution is -2.24. The number of carbonyl (C=O) groups is 1. The summed E-state index contributed by atoms with van der Waals surface area (Å²) in [6.07, 6.45) is 0.438. The fraction of sp³-hybridized carbons (Fsp3) is 0.833. The van der Waals surface area contributed by atoms with Crippen LogP contribution in [0.25, 0.3) is 0 Å². The van der Waals surface area contributed by atoms with Crippen molar-refractivity contribution in [2.75, 3.05) is 14.2 Å². The molecule has 0 saturated carbocycles. The first-order valence-corrected chi connectivity index (χ1v) is 2.94. The van der Waals surface area contributed by atoms with Crippen LogP contribution >= 0.6 is 0 Å². The third-order valence-corrected chi connectivity index (χ3v) is 1.19. The second-order valence-corrected chi connectivity index (χ2v) is 1.97. The molecule has 0 spiro atoms. The first kappa shape index (κ1) is 8.43. The largest absolute Gasteiger partial charge is 0.469 e. The maximum Gasteiger partial charge on any atom is 0.307 e. The summed E-state index contributed by atoms with van der Waals surface area (Å²) in [5, 5.41) is 2.93. The second kappa shape index (κ2) is 4.32. The van der Waals surface area contributed by atoms with Crippen LogP contribution < -0.4 is 5.32 Å². The van der Waals surface area contributed by atoms with Crippen molar-refractivity contribution in [1.82, 2.24) is 5.32 Å². The van der Waals surface area contributed by atoms with Crippen LogP contribution in [0.15, 0.2) is 0 Å². The minimum absolute atomic E-state index is 0.170. The van der Waals surface area contributed by atoms with E-state index < -0.39 is 0 Å². The van der Waals surface area contributed by atoms with Crippen LogP contribution in [0.5, 0.6) is 0 Å².